The second-order valence-electron chi connectivity index (χ2n) is 6.54. The number of nitrogens with zero attached hydrogens (tertiary/aromatic N) is 6. The summed E-state index contributed by atoms with van der Waals surface area (Å²) in [5.74, 6) is 1.78. The summed E-state index contributed by atoms with van der Waals surface area (Å²) in [5.41, 5.74) is 4.21. The van der Waals surface area contributed by atoms with E-state index in [1.165, 1.54) is 0 Å². The van der Waals surface area contributed by atoms with Crippen LogP contribution in [-0.4, -0.2) is 29.1 Å². The molecule has 0 amide bonds. The van der Waals surface area contributed by atoms with Gasteiger partial charge in [0.25, 0.3) is 0 Å². The van der Waals surface area contributed by atoms with Crippen LogP contribution in [-0.2, 0) is 6.54 Å². The number of benzene rings is 1. The molecule has 0 unspecified atom stereocenters. The number of para-hydroxylation sites is 1. The lowest BCUT2D eigenvalue weighted by Gasteiger charge is -2.12. The van der Waals surface area contributed by atoms with Crippen molar-refractivity contribution < 1.29 is 0 Å². The summed E-state index contributed by atoms with van der Waals surface area (Å²) in [4.78, 5) is 13.2. The molecule has 3 aromatic heterocycles. The summed E-state index contributed by atoms with van der Waals surface area (Å²) in [6.07, 6.45) is 7.39. The molecule has 1 aromatic carbocycles. The molecule has 0 saturated carbocycles. The van der Waals surface area contributed by atoms with Gasteiger partial charge in [-0.2, -0.15) is 14.6 Å². The Morgan fingerprint density at radius 1 is 1.15 bits per heavy atom. The van der Waals surface area contributed by atoms with Crippen molar-refractivity contribution in [3.63, 3.8) is 0 Å². The van der Waals surface area contributed by atoms with Gasteiger partial charge in [-0.3, -0.25) is 0 Å². The van der Waals surface area contributed by atoms with Gasteiger partial charge >= 0.3 is 0 Å². The quantitative estimate of drug-likeness (QED) is 0.599. The smallest absolute Gasteiger partial charge is 0.227 e. The molecule has 0 spiro atoms. The maximum absolute atomic E-state index is 4.57. The molecule has 0 radical (unpaired) electrons. The Morgan fingerprint density at radius 2 is 2.00 bits per heavy atom. The molecule has 1 N–H and O–H groups in total. The number of fused-ring (bicyclic) bond motifs is 1. The molecule has 0 aliphatic heterocycles. The normalized spacial score (nSPS) is 11.4. The van der Waals surface area contributed by atoms with E-state index in [0.717, 1.165) is 28.3 Å². The van der Waals surface area contributed by atoms with Crippen molar-refractivity contribution >= 4 is 11.6 Å². The van der Waals surface area contributed by atoms with Crippen LogP contribution in [0.2, 0.25) is 0 Å². The lowest BCUT2D eigenvalue weighted by Crippen LogP contribution is -2.11. The molecule has 26 heavy (non-hydrogen) atoms. The van der Waals surface area contributed by atoms with Gasteiger partial charge in [-0.15, -0.1) is 0 Å². The second-order valence-corrected chi connectivity index (χ2v) is 6.54. The monoisotopic (exact) mass is 347 g/mol. The Hall–Kier alpha value is -3.22. The van der Waals surface area contributed by atoms with E-state index in [9.17, 15) is 0 Å². The number of hydrogen-bond donors (Lipinski definition) is 1. The standard InChI is InChI=1S/C19H21N7/c1-13(2)16-11-22-26-18(16)23-14(3)24-19(26)21-10-15-6-4-5-7-17(15)25-9-8-20-12-25/h4-9,11-13H,10H2,1-3H3,(H,21,23,24). The largest absolute Gasteiger partial charge is 0.350 e. The zero-order valence-corrected chi connectivity index (χ0v) is 15.1. The van der Waals surface area contributed by atoms with Crippen molar-refractivity contribution in [1.29, 1.82) is 0 Å². The molecule has 132 valence electrons. The minimum atomic E-state index is 0.358. The highest BCUT2D eigenvalue weighted by molar-refractivity contribution is 5.52. The highest BCUT2D eigenvalue weighted by Crippen LogP contribution is 2.21. The van der Waals surface area contributed by atoms with Crippen LogP contribution >= 0.6 is 0 Å². The predicted molar refractivity (Wildman–Crippen MR) is 100 cm³/mol. The van der Waals surface area contributed by atoms with Gasteiger partial charge in [0.15, 0.2) is 5.65 Å². The van der Waals surface area contributed by atoms with Crippen LogP contribution in [0.25, 0.3) is 11.3 Å². The summed E-state index contributed by atoms with van der Waals surface area (Å²) >= 11 is 0. The number of aryl methyl sites for hydroxylation is 1. The number of imidazole rings is 1. The summed E-state index contributed by atoms with van der Waals surface area (Å²) in [5, 5.41) is 7.89. The van der Waals surface area contributed by atoms with E-state index in [2.05, 4.69) is 51.3 Å². The molecular formula is C19H21N7. The van der Waals surface area contributed by atoms with Gasteiger partial charge in [0.2, 0.25) is 5.95 Å². The van der Waals surface area contributed by atoms with Crippen molar-refractivity contribution in [2.24, 2.45) is 0 Å². The fourth-order valence-corrected chi connectivity index (χ4v) is 3.01. The molecule has 0 atom stereocenters. The third kappa shape index (κ3) is 2.92. The lowest BCUT2D eigenvalue weighted by molar-refractivity contribution is 0.850. The first-order chi connectivity index (χ1) is 12.6. The second kappa shape index (κ2) is 6.59. The molecule has 0 bridgehead atoms. The van der Waals surface area contributed by atoms with Gasteiger partial charge in [0.05, 0.1) is 18.2 Å². The highest BCUT2D eigenvalue weighted by Gasteiger charge is 2.14. The van der Waals surface area contributed by atoms with Gasteiger partial charge < -0.3 is 9.88 Å². The molecule has 7 heteroatoms. The van der Waals surface area contributed by atoms with Gasteiger partial charge in [-0.25, -0.2) is 9.97 Å². The topological polar surface area (TPSA) is 72.9 Å². The molecule has 0 saturated heterocycles. The van der Waals surface area contributed by atoms with Gasteiger partial charge in [-0.05, 0) is 24.5 Å². The molecule has 3 heterocycles. The Kier molecular flexibility index (Phi) is 4.12. The zero-order chi connectivity index (χ0) is 18.1. The van der Waals surface area contributed by atoms with Crippen LogP contribution < -0.4 is 5.32 Å². The Bertz CT molecular complexity index is 1030. The number of nitrogens with one attached hydrogen (secondary N) is 1. The Morgan fingerprint density at radius 3 is 2.77 bits per heavy atom. The van der Waals surface area contributed by atoms with E-state index in [0.29, 0.717) is 18.4 Å². The Labute approximate surface area is 151 Å². The van der Waals surface area contributed by atoms with E-state index in [4.69, 9.17) is 0 Å². The van der Waals surface area contributed by atoms with Crippen molar-refractivity contribution in [3.8, 4) is 5.69 Å². The van der Waals surface area contributed by atoms with Crippen molar-refractivity contribution in [2.75, 3.05) is 5.32 Å². The first-order valence-corrected chi connectivity index (χ1v) is 8.66. The van der Waals surface area contributed by atoms with E-state index >= 15 is 0 Å². The van der Waals surface area contributed by atoms with Crippen LogP contribution in [0.1, 0.15) is 36.7 Å². The summed E-state index contributed by atoms with van der Waals surface area (Å²) in [6.45, 7) is 6.81. The maximum Gasteiger partial charge on any atom is 0.227 e. The third-order valence-electron chi connectivity index (χ3n) is 4.34. The molecule has 4 aromatic rings. The van der Waals surface area contributed by atoms with E-state index in [1.54, 1.807) is 17.0 Å². The number of anilines is 1. The minimum absolute atomic E-state index is 0.358. The average molecular weight is 347 g/mol. The molecular weight excluding hydrogens is 326 g/mol. The minimum Gasteiger partial charge on any atom is -0.350 e. The average Bonchev–Trinajstić information content (AvgIpc) is 3.29. The van der Waals surface area contributed by atoms with Crippen molar-refractivity contribution in [2.45, 2.75) is 33.2 Å². The molecule has 4 rings (SSSR count). The molecule has 7 nitrogen and oxygen atoms in total. The maximum atomic E-state index is 4.57. The highest BCUT2D eigenvalue weighted by atomic mass is 15.3. The van der Waals surface area contributed by atoms with Crippen molar-refractivity contribution in [3.05, 3.63) is 66.1 Å². The van der Waals surface area contributed by atoms with Crippen LogP contribution in [0.4, 0.5) is 5.95 Å². The van der Waals surface area contributed by atoms with Gasteiger partial charge in [-0.1, -0.05) is 32.0 Å². The molecule has 0 aliphatic carbocycles. The lowest BCUT2D eigenvalue weighted by atomic mass is 10.1. The molecule has 0 fully saturated rings. The van der Waals surface area contributed by atoms with Crippen LogP contribution in [0, 0.1) is 6.92 Å². The first kappa shape index (κ1) is 16.3. The summed E-state index contributed by atoms with van der Waals surface area (Å²) in [6, 6.07) is 8.22. The van der Waals surface area contributed by atoms with E-state index in [-0.39, 0.29) is 0 Å². The zero-order valence-electron chi connectivity index (χ0n) is 15.1. The number of hydrogen-bond acceptors (Lipinski definition) is 5. The van der Waals surface area contributed by atoms with E-state index < -0.39 is 0 Å². The SMILES string of the molecule is Cc1nc(NCc2ccccc2-n2ccnc2)n2ncc(C(C)C)c2n1. The molecule has 0 aliphatic rings. The number of aromatic nitrogens is 6. The first-order valence-electron chi connectivity index (χ1n) is 8.66. The third-order valence-corrected chi connectivity index (χ3v) is 4.34. The summed E-state index contributed by atoms with van der Waals surface area (Å²) < 4.78 is 3.78. The van der Waals surface area contributed by atoms with E-state index in [1.807, 2.05) is 36.0 Å². The summed E-state index contributed by atoms with van der Waals surface area (Å²) in [7, 11) is 0. The predicted octanol–water partition coefficient (Wildman–Crippen LogP) is 3.35. The number of rotatable bonds is 5. The van der Waals surface area contributed by atoms with Crippen LogP contribution in [0.3, 0.4) is 0 Å². The van der Waals surface area contributed by atoms with Crippen LogP contribution in [0.15, 0.2) is 49.2 Å². The van der Waals surface area contributed by atoms with Crippen LogP contribution in [0.5, 0.6) is 0 Å². The van der Waals surface area contributed by atoms with Gasteiger partial charge in [0.1, 0.15) is 5.82 Å². The fraction of sp³-hybridized carbons (Fsp3) is 0.263. The van der Waals surface area contributed by atoms with Crippen molar-refractivity contribution in [1.82, 2.24) is 29.1 Å². The Balaban J connectivity index is 1.68. The fourth-order valence-electron chi connectivity index (χ4n) is 3.01. The van der Waals surface area contributed by atoms with Gasteiger partial charge in [0, 0.05) is 24.5 Å².